The van der Waals surface area contributed by atoms with Crippen LogP contribution in [0.5, 0.6) is 0 Å². The van der Waals surface area contributed by atoms with E-state index in [1.54, 1.807) is 0 Å². The molecule has 0 saturated heterocycles. The second-order valence-electron chi connectivity index (χ2n) is 17.6. The molecule has 0 aromatic rings. The maximum absolute atomic E-state index is 13.5. The molecule has 0 radical (unpaired) electrons. The number of rotatable bonds is 48. The van der Waals surface area contributed by atoms with Gasteiger partial charge in [-0.2, -0.15) is 0 Å². The first-order valence-electron chi connectivity index (χ1n) is 25.4. The van der Waals surface area contributed by atoms with Gasteiger partial charge in [0.2, 0.25) is 5.91 Å². The lowest BCUT2D eigenvalue weighted by Gasteiger charge is -2.38. The number of carbonyl (C=O) groups excluding carboxylic acids is 2. The maximum Gasteiger partial charge on any atom is 0.303 e. The molecule has 2 unspecified atom stereocenters. The number of nitrogens with one attached hydrogen (secondary N) is 2. The lowest BCUT2D eigenvalue weighted by molar-refractivity contribution is -0.184. The minimum Gasteiger partial charge on any atom is -0.457 e. The first-order valence-corrected chi connectivity index (χ1v) is 25.4. The van der Waals surface area contributed by atoms with Crippen LogP contribution in [0.1, 0.15) is 252 Å². The third-order valence-corrected chi connectivity index (χ3v) is 12.0. The lowest BCUT2D eigenvalue weighted by Crippen LogP contribution is -2.57. The van der Waals surface area contributed by atoms with Gasteiger partial charge in [-0.05, 0) is 51.9 Å². The van der Waals surface area contributed by atoms with E-state index in [9.17, 15) is 9.59 Å². The number of carbonyl (C=O) groups is 2. The van der Waals surface area contributed by atoms with Crippen LogP contribution in [0.4, 0.5) is 0 Å². The van der Waals surface area contributed by atoms with Crippen molar-refractivity contribution in [3.8, 4) is 0 Å². The van der Waals surface area contributed by atoms with Crippen LogP contribution < -0.4 is 27.8 Å². The number of esters is 1. The third kappa shape index (κ3) is 35.5. The molecule has 1 amide bonds. The van der Waals surface area contributed by atoms with Gasteiger partial charge in [0.05, 0.1) is 0 Å². The topological polar surface area (TPSA) is 155 Å². The monoisotopic (exact) mass is 824 g/mol. The predicted octanol–water partition coefficient (Wildman–Crippen LogP) is 11.7. The Balaban J connectivity index is 5.11. The summed E-state index contributed by atoms with van der Waals surface area (Å²) in [4.78, 5) is 25.8. The summed E-state index contributed by atoms with van der Waals surface area (Å²) in [5.41, 5.74) is 16.7. The first-order chi connectivity index (χ1) is 28.4. The number of primary amides is 1. The SMILES string of the molecule is CCCCCCCCCCCCCCCCCCC(CCCCCCCCCCCCCCCCCC)(OC(NCCCN)C(CNCCCN)OC(C)=O)C(N)=O. The summed E-state index contributed by atoms with van der Waals surface area (Å²) in [5.74, 6) is -0.808. The quantitative estimate of drug-likeness (QED) is 0.0231. The molecule has 0 heterocycles. The Hall–Kier alpha value is -1.26. The number of ether oxygens (including phenoxy) is 2. The molecule has 0 saturated carbocycles. The van der Waals surface area contributed by atoms with Gasteiger partial charge < -0.3 is 32.0 Å². The summed E-state index contributed by atoms with van der Waals surface area (Å²) in [6.07, 6.45) is 42.8. The molecular weight excluding hydrogens is 723 g/mol. The maximum atomic E-state index is 13.5. The van der Waals surface area contributed by atoms with Crippen LogP contribution in [0.2, 0.25) is 0 Å². The Morgan fingerprint density at radius 3 is 1.14 bits per heavy atom. The van der Waals surface area contributed by atoms with E-state index in [1.165, 1.54) is 174 Å². The molecule has 0 bridgehead atoms. The molecule has 0 spiro atoms. The second-order valence-corrected chi connectivity index (χ2v) is 17.6. The van der Waals surface area contributed by atoms with Gasteiger partial charge in [0, 0.05) is 13.5 Å². The molecule has 0 aliphatic rings. The van der Waals surface area contributed by atoms with Gasteiger partial charge in [-0.15, -0.1) is 0 Å². The highest BCUT2D eigenvalue weighted by atomic mass is 16.6. The van der Waals surface area contributed by atoms with Crippen molar-refractivity contribution in [1.29, 1.82) is 0 Å². The molecule has 0 rings (SSSR count). The fourth-order valence-electron chi connectivity index (χ4n) is 8.20. The fraction of sp³-hybridized carbons (Fsp3) is 0.959. The molecule has 9 heteroatoms. The minimum absolute atomic E-state index is 0.382. The van der Waals surface area contributed by atoms with Crippen molar-refractivity contribution in [3.05, 3.63) is 0 Å². The Bertz CT molecular complexity index is 842. The van der Waals surface area contributed by atoms with Crippen molar-refractivity contribution in [2.75, 3.05) is 32.7 Å². The smallest absolute Gasteiger partial charge is 0.303 e. The van der Waals surface area contributed by atoms with Crippen LogP contribution in [-0.2, 0) is 19.1 Å². The van der Waals surface area contributed by atoms with Crippen molar-refractivity contribution < 1.29 is 19.1 Å². The van der Waals surface area contributed by atoms with Crippen LogP contribution in [-0.4, -0.2) is 62.5 Å². The second kappa shape index (κ2) is 43.8. The summed E-state index contributed by atoms with van der Waals surface area (Å²) in [6.45, 7) is 8.73. The Morgan fingerprint density at radius 2 is 0.828 bits per heavy atom. The first kappa shape index (κ1) is 56.7. The summed E-state index contributed by atoms with van der Waals surface area (Å²) in [6, 6.07) is 0. The number of nitrogens with two attached hydrogens (primary N) is 3. The average Bonchev–Trinajstić information content (AvgIpc) is 3.20. The Morgan fingerprint density at radius 1 is 0.500 bits per heavy atom. The van der Waals surface area contributed by atoms with Gasteiger partial charge in [0.1, 0.15) is 11.8 Å². The number of hydrogen-bond donors (Lipinski definition) is 5. The normalized spacial score (nSPS) is 12.9. The van der Waals surface area contributed by atoms with Crippen molar-refractivity contribution in [2.24, 2.45) is 17.2 Å². The average molecular weight is 824 g/mol. The highest BCUT2D eigenvalue weighted by molar-refractivity contribution is 5.83. The van der Waals surface area contributed by atoms with E-state index in [0.717, 1.165) is 51.4 Å². The van der Waals surface area contributed by atoms with Gasteiger partial charge in [-0.25, -0.2) is 0 Å². The predicted molar refractivity (Wildman–Crippen MR) is 249 cm³/mol. The molecule has 0 aliphatic carbocycles. The molecule has 346 valence electrons. The Kier molecular flexibility index (Phi) is 42.9. The van der Waals surface area contributed by atoms with Crippen molar-refractivity contribution in [2.45, 2.75) is 270 Å². The molecule has 0 aromatic carbocycles. The molecule has 0 fully saturated rings. The van der Waals surface area contributed by atoms with Gasteiger partial charge in [-0.1, -0.05) is 219 Å². The summed E-state index contributed by atoms with van der Waals surface area (Å²) in [7, 11) is 0. The van der Waals surface area contributed by atoms with E-state index in [4.69, 9.17) is 26.7 Å². The molecule has 58 heavy (non-hydrogen) atoms. The molecule has 8 N–H and O–H groups in total. The van der Waals surface area contributed by atoms with Crippen LogP contribution in [0.15, 0.2) is 0 Å². The zero-order valence-corrected chi connectivity index (χ0v) is 39.0. The summed E-state index contributed by atoms with van der Waals surface area (Å²) >= 11 is 0. The zero-order valence-electron chi connectivity index (χ0n) is 39.0. The minimum atomic E-state index is -1.14. The summed E-state index contributed by atoms with van der Waals surface area (Å²) in [5, 5.41) is 6.80. The summed E-state index contributed by atoms with van der Waals surface area (Å²) < 4.78 is 12.7. The van der Waals surface area contributed by atoms with Crippen LogP contribution in [0.25, 0.3) is 0 Å². The number of unbranched alkanes of at least 4 members (excludes halogenated alkanes) is 30. The van der Waals surface area contributed by atoms with Crippen molar-refractivity contribution in [1.82, 2.24) is 10.6 Å². The van der Waals surface area contributed by atoms with Crippen molar-refractivity contribution >= 4 is 11.9 Å². The third-order valence-electron chi connectivity index (χ3n) is 12.0. The highest BCUT2D eigenvalue weighted by Gasteiger charge is 2.41. The van der Waals surface area contributed by atoms with Gasteiger partial charge >= 0.3 is 5.97 Å². The van der Waals surface area contributed by atoms with Gasteiger partial charge in [0.15, 0.2) is 6.10 Å². The van der Waals surface area contributed by atoms with E-state index >= 15 is 0 Å². The Labute approximate surface area is 360 Å². The van der Waals surface area contributed by atoms with Crippen LogP contribution in [0.3, 0.4) is 0 Å². The molecule has 9 nitrogen and oxygen atoms in total. The van der Waals surface area contributed by atoms with Gasteiger partial charge in [0.25, 0.3) is 0 Å². The highest BCUT2D eigenvalue weighted by Crippen LogP contribution is 2.30. The molecule has 0 aromatic heterocycles. The number of hydrogen-bond acceptors (Lipinski definition) is 8. The van der Waals surface area contributed by atoms with E-state index in [2.05, 4.69) is 24.5 Å². The van der Waals surface area contributed by atoms with Crippen LogP contribution >= 0.6 is 0 Å². The van der Waals surface area contributed by atoms with Crippen LogP contribution in [0, 0.1) is 0 Å². The van der Waals surface area contributed by atoms with E-state index in [0.29, 0.717) is 45.6 Å². The molecule has 0 aliphatic heterocycles. The lowest BCUT2D eigenvalue weighted by atomic mass is 9.88. The molecular formula is C49H101N5O4. The molecule has 2 atom stereocenters. The largest absolute Gasteiger partial charge is 0.457 e. The van der Waals surface area contributed by atoms with E-state index in [1.807, 2.05) is 0 Å². The standard InChI is InChI=1S/C49H101N5O4/c1-4-6-8-10-12-14-16-18-20-22-24-26-28-30-32-34-38-49(48(52)56,39-35-33-31-29-27-25-23-21-19-17-15-13-11-9-7-5-2)58-47(54-43-37-41-51)46(57-45(3)55)44-53-42-36-40-50/h46-47,53-54H,4-44,50-51H2,1-3H3,(H2,52,56). The van der Waals surface area contributed by atoms with E-state index < -0.39 is 23.8 Å². The van der Waals surface area contributed by atoms with E-state index in [-0.39, 0.29) is 5.97 Å². The van der Waals surface area contributed by atoms with Crippen molar-refractivity contribution in [3.63, 3.8) is 0 Å². The zero-order chi connectivity index (χ0) is 42.6. The van der Waals surface area contributed by atoms with Gasteiger partial charge in [-0.3, -0.25) is 14.9 Å². The number of amides is 1. The fourth-order valence-corrected chi connectivity index (χ4v) is 8.20.